The van der Waals surface area contributed by atoms with Gasteiger partial charge in [-0.15, -0.1) is 0 Å². The van der Waals surface area contributed by atoms with Gasteiger partial charge in [0, 0.05) is 5.69 Å². The van der Waals surface area contributed by atoms with Gasteiger partial charge in [-0.25, -0.2) is 0 Å². The molecular formula is C15H23N3O2. The van der Waals surface area contributed by atoms with Crippen molar-refractivity contribution in [1.29, 1.82) is 0 Å². The third kappa shape index (κ3) is 4.21. The van der Waals surface area contributed by atoms with E-state index in [1.165, 1.54) is 0 Å². The molecule has 1 aliphatic heterocycles. The van der Waals surface area contributed by atoms with E-state index in [9.17, 15) is 4.79 Å². The van der Waals surface area contributed by atoms with Crippen molar-refractivity contribution in [2.75, 3.05) is 38.6 Å². The van der Waals surface area contributed by atoms with E-state index in [4.69, 9.17) is 10.5 Å². The minimum Gasteiger partial charge on any atom is -0.497 e. The number of amides is 1. The zero-order chi connectivity index (χ0) is 14.4. The Hall–Kier alpha value is -1.59. The van der Waals surface area contributed by atoms with Gasteiger partial charge in [0.05, 0.1) is 13.7 Å². The smallest absolute Gasteiger partial charge is 0.238 e. The summed E-state index contributed by atoms with van der Waals surface area (Å²) >= 11 is 0. The number of nitrogens with one attached hydrogen (secondary N) is 1. The summed E-state index contributed by atoms with van der Waals surface area (Å²) in [5.74, 6) is 1.43. The van der Waals surface area contributed by atoms with Gasteiger partial charge in [0.1, 0.15) is 5.75 Å². The number of carbonyl (C=O) groups excluding carboxylic acids is 1. The van der Waals surface area contributed by atoms with Crippen LogP contribution in [0.25, 0.3) is 0 Å². The molecule has 20 heavy (non-hydrogen) atoms. The lowest BCUT2D eigenvalue weighted by molar-refractivity contribution is -0.117. The molecule has 110 valence electrons. The molecule has 0 aliphatic carbocycles. The molecule has 1 saturated heterocycles. The summed E-state index contributed by atoms with van der Waals surface area (Å²) in [6.07, 6.45) is 2.18. The molecule has 0 spiro atoms. The van der Waals surface area contributed by atoms with Gasteiger partial charge in [-0.2, -0.15) is 0 Å². The monoisotopic (exact) mass is 277 g/mol. The van der Waals surface area contributed by atoms with Gasteiger partial charge in [0.15, 0.2) is 0 Å². The number of piperidine rings is 1. The topological polar surface area (TPSA) is 67.6 Å². The van der Waals surface area contributed by atoms with E-state index >= 15 is 0 Å². The van der Waals surface area contributed by atoms with E-state index in [1.54, 1.807) is 7.11 Å². The van der Waals surface area contributed by atoms with Crippen molar-refractivity contribution in [3.8, 4) is 5.75 Å². The first-order valence-electron chi connectivity index (χ1n) is 7.07. The maximum absolute atomic E-state index is 12.0. The molecular weight excluding hydrogens is 254 g/mol. The number of carbonyl (C=O) groups is 1. The molecule has 3 N–H and O–H groups in total. The SMILES string of the molecule is COc1ccc(NC(=O)CN2CCC(CN)CC2)cc1. The fourth-order valence-corrected chi connectivity index (χ4v) is 2.46. The van der Waals surface area contributed by atoms with Gasteiger partial charge in [-0.3, -0.25) is 9.69 Å². The number of anilines is 1. The van der Waals surface area contributed by atoms with Crippen LogP contribution in [0.4, 0.5) is 5.69 Å². The van der Waals surface area contributed by atoms with Crippen molar-refractivity contribution in [2.45, 2.75) is 12.8 Å². The molecule has 1 heterocycles. The molecule has 0 aromatic heterocycles. The fourth-order valence-electron chi connectivity index (χ4n) is 2.46. The highest BCUT2D eigenvalue weighted by atomic mass is 16.5. The second kappa shape index (κ2) is 7.26. The predicted molar refractivity (Wildman–Crippen MR) is 79.8 cm³/mol. The number of nitrogens with two attached hydrogens (primary N) is 1. The molecule has 0 unspecified atom stereocenters. The summed E-state index contributed by atoms with van der Waals surface area (Å²) < 4.78 is 5.09. The van der Waals surface area contributed by atoms with Crippen LogP contribution >= 0.6 is 0 Å². The number of nitrogens with zero attached hydrogens (tertiary/aromatic N) is 1. The molecule has 1 aromatic rings. The van der Waals surface area contributed by atoms with Crippen molar-refractivity contribution < 1.29 is 9.53 Å². The number of ether oxygens (including phenoxy) is 1. The quantitative estimate of drug-likeness (QED) is 0.851. The van der Waals surface area contributed by atoms with E-state index in [1.807, 2.05) is 24.3 Å². The molecule has 0 radical (unpaired) electrons. The number of benzene rings is 1. The number of methoxy groups -OCH3 is 1. The molecule has 0 atom stereocenters. The van der Waals surface area contributed by atoms with Crippen LogP contribution in [0.15, 0.2) is 24.3 Å². The summed E-state index contributed by atoms with van der Waals surface area (Å²) in [7, 11) is 1.62. The first-order chi connectivity index (χ1) is 9.71. The first-order valence-corrected chi connectivity index (χ1v) is 7.07. The van der Waals surface area contributed by atoms with E-state index in [0.29, 0.717) is 12.5 Å². The Bertz CT molecular complexity index is 425. The normalized spacial score (nSPS) is 16.9. The number of hydrogen-bond donors (Lipinski definition) is 2. The van der Waals surface area contributed by atoms with E-state index in [0.717, 1.165) is 43.9 Å². The van der Waals surface area contributed by atoms with Crippen LogP contribution < -0.4 is 15.8 Å². The number of hydrogen-bond acceptors (Lipinski definition) is 4. The maximum Gasteiger partial charge on any atom is 0.238 e. The summed E-state index contributed by atoms with van der Waals surface area (Å²) in [6.45, 7) is 3.12. The Morgan fingerprint density at radius 2 is 2.00 bits per heavy atom. The maximum atomic E-state index is 12.0. The second-order valence-electron chi connectivity index (χ2n) is 5.23. The molecule has 2 rings (SSSR count). The van der Waals surface area contributed by atoms with Crippen molar-refractivity contribution in [1.82, 2.24) is 4.90 Å². The van der Waals surface area contributed by atoms with Gasteiger partial charge in [-0.05, 0) is 62.7 Å². The fraction of sp³-hybridized carbons (Fsp3) is 0.533. The van der Waals surface area contributed by atoms with Crippen molar-refractivity contribution in [3.05, 3.63) is 24.3 Å². The number of likely N-dealkylation sites (tertiary alicyclic amines) is 1. The Balaban J connectivity index is 1.77. The average molecular weight is 277 g/mol. The zero-order valence-electron chi connectivity index (χ0n) is 12.0. The number of rotatable bonds is 5. The standard InChI is InChI=1S/C15H23N3O2/c1-20-14-4-2-13(3-5-14)17-15(19)11-18-8-6-12(10-16)7-9-18/h2-5,12H,6-11,16H2,1H3,(H,17,19). The Labute approximate surface area is 120 Å². The average Bonchev–Trinajstić information content (AvgIpc) is 2.49. The van der Waals surface area contributed by atoms with Crippen LogP contribution in [0.1, 0.15) is 12.8 Å². The Morgan fingerprint density at radius 1 is 1.35 bits per heavy atom. The van der Waals surface area contributed by atoms with Crippen molar-refractivity contribution in [3.63, 3.8) is 0 Å². The lowest BCUT2D eigenvalue weighted by Gasteiger charge is -2.30. The minimum absolute atomic E-state index is 0.0290. The first kappa shape index (κ1) is 14.8. The molecule has 1 amide bonds. The summed E-state index contributed by atoms with van der Waals surface area (Å²) in [4.78, 5) is 14.2. The summed E-state index contributed by atoms with van der Waals surface area (Å²) in [6, 6.07) is 7.36. The van der Waals surface area contributed by atoms with E-state index in [-0.39, 0.29) is 5.91 Å². The molecule has 5 heteroatoms. The van der Waals surface area contributed by atoms with Crippen LogP contribution in [0.2, 0.25) is 0 Å². The molecule has 0 bridgehead atoms. The van der Waals surface area contributed by atoms with Crippen molar-refractivity contribution >= 4 is 11.6 Å². The minimum atomic E-state index is 0.0290. The highest BCUT2D eigenvalue weighted by Crippen LogP contribution is 2.17. The van der Waals surface area contributed by atoms with E-state index in [2.05, 4.69) is 10.2 Å². The van der Waals surface area contributed by atoms with Gasteiger partial charge in [0.2, 0.25) is 5.91 Å². The van der Waals surface area contributed by atoms with Crippen LogP contribution in [-0.2, 0) is 4.79 Å². The van der Waals surface area contributed by atoms with Crippen LogP contribution in [0, 0.1) is 5.92 Å². The third-order valence-corrected chi connectivity index (χ3v) is 3.78. The third-order valence-electron chi connectivity index (χ3n) is 3.78. The van der Waals surface area contributed by atoms with Crippen molar-refractivity contribution in [2.24, 2.45) is 11.7 Å². The molecule has 1 aliphatic rings. The van der Waals surface area contributed by atoms with Gasteiger partial charge in [0.25, 0.3) is 0 Å². The second-order valence-corrected chi connectivity index (χ2v) is 5.23. The highest BCUT2D eigenvalue weighted by Gasteiger charge is 2.19. The molecule has 5 nitrogen and oxygen atoms in total. The van der Waals surface area contributed by atoms with Crippen LogP contribution in [0.3, 0.4) is 0 Å². The Kier molecular flexibility index (Phi) is 5.38. The summed E-state index contributed by atoms with van der Waals surface area (Å²) in [5, 5.41) is 2.90. The summed E-state index contributed by atoms with van der Waals surface area (Å²) in [5.41, 5.74) is 6.47. The van der Waals surface area contributed by atoms with Crippen LogP contribution in [0.5, 0.6) is 5.75 Å². The van der Waals surface area contributed by atoms with Crippen LogP contribution in [-0.4, -0.2) is 44.1 Å². The van der Waals surface area contributed by atoms with Gasteiger partial charge >= 0.3 is 0 Å². The zero-order valence-corrected chi connectivity index (χ0v) is 12.0. The molecule has 0 saturated carbocycles. The van der Waals surface area contributed by atoms with E-state index < -0.39 is 0 Å². The molecule has 1 fully saturated rings. The molecule has 1 aromatic carbocycles. The van der Waals surface area contributed by atoms with Gasteiger partial charge in [-0.1, -0.05) is 0 Å². The lowest BCUT2D eigenvalue weighted by Crippen LogP contribution is -2.40. The lowest BCUT2D eigenvalue weighted by atomic mass is 9.97. The predicted octanol–water partition coefficient (Wildman–Crippen LogP) is 1.30. The largest absolute Gasteiger partial charge is 0.497 e. The van der Waals surface area contributed by atoms with Gasteiger partial charge < -0.3 is 15.8 Å². The Morgan fingerprint density at radius 3 is 2.55 bits per heavy atom. The highest BCUT2D eigenvalue weighted by molar-refractivity contribution is 5.92.